The maximum atomic E-state index is 12.3. The first-order chi connectivity index (χ1) is 13.0. The lowest BCUT2D eigenvalue weighted by Gasteiger charge is -2.09. The average Bonchev–Trinajstić information content (AvgIpc) is 2.67. The Morgan fingerprint density at radius 3 is 2.37 bits per heavy atom. The molecule has 0 atom stereocenters. The maximum absolute atomic E-state index is 12.3. The Kier molecular flexibility index (Phi) is 7.57. The van der Waals surface area contributed by atoms with Gasteiger partial charge in [0.1, 0.15) is 5.75 Å². The van der Waals surface area contributed by atoms with E-state index >= 15 is 0 Å². The van der Waals surface area contributed by atoms with Gasteiger partial charge in [0.2, 0.25) is 10.0 Å². The van der Waals surface area contributed by atoms with E-state index in [1.54, 1.807) is 36.4 Å². The number of amides is 1. The quantitative estimate of drug-likeness (QED) is 0.481. The first-order valence-corrected chi connectivity index (χ1v) is 10.2. The lowest BCUT2D eigenvalue weighted by Crippen LogP contribution is -2.23. The van der Waals surface area contributed by atoms with Gasteiger partial charge in [-0.1, -0.05) is 19.4 Å². The van der Waals surface area contributed by atoms with E-state index in [-0.39, 0.29) is 17.3 Å². The molecule has 0 fully saturated rings. The summed E-state index contributed by atoms with van der Waals surface area (Å²) in [6.45, 7) is 6.37. The topological polar surface area (TPSA) is 84.5 Å². The number of sulfonamides is 1. The monoisotopic (exact) mass is 388 g/mol. The number of unbranched alkanes of at least 4 members (excludes halogenated alkanes) is 1. The van der Waals surface area contributed by atoms with Crippen LogP contribution < -0.4 is 14.8 Å². The van der Waals surface area contributed by atoms with Gasteiger partial charge in [0.05, 0.1) is 11.5 Å². The number of anilines is 1. The van der Waals surface area contributed by atoms with Gasteiger partial charge in [0.15, 0.2) is 0 Å². The van der Waals surface area contributed by atoms with Gasteiger partial charge in [0.25, 0.3) is 5.91 Å². The van der Waals surface area contributed by atoms with Crippen LogP contribution in [0.4, 0.5) is 5.69 Å². The number of rotatable bonds is 10. The molecule has 0 aliphatic carbocycles. The summed E-state index contributed by atoms with van der Waals surface area (Å²) >= 11 is 0. The predicted octanol–water partition coefficient (Wildman–Crippen LogP) is 3.58. The van der Waals surface area contributed by atoms with Crippen LogP contribution in [0, 0.1) is 0 Å². The van der Waals surface area contributed by atoms with Gasteiger partial charge in [-0.3, -0.25) is 4.79 Å². The highest BCUT2D eigenvalue weighted by atomic mass is 32.2. The largest absolute Gasteiger partial charge is 0.494 e. The molecule has 7 heteroatoms. The van der Waals surface area contributed by atoms with Gasteiger partial charge in [-0.25, -0.2) is 13.1 Å². The van der Waals surface area contributed by atoms with E-state index in [0.29, 0.717) is 17.9 Å². The van der Waals surface area contributed by atoms with Crippen molar-refractivity contribution < 1.29 is 17.9 Å². The van der Waals surface area contributed by atoms with Crippen molar-refractivity contribution in [2.45, 2.75) is 24.7 Å². The average molecular weight is 388 g/mol. The molecule has 2 aromatic carbocycles. The van der Waals surface area contributed by atoms with Crippen LogP contribution in [0.5, 0.6) is 5.75 Å². The van der Waals surface area contributed by atoms with Crippen LogP contribution in [0.15, 0.2) is 66.1 Å². The molecule has 0 heterocycles. The summed E-state index contributed by atoms with van der Waals surface area (Å²) in [5.41, 5.74) is 0.994. The summed E-state index contributed by atoms with van der Waals surface area (Å²) in [5.74, 6) is 0.442. The number of hydrogen-bond donors (Lipinski definition) is 2. The summed E-state index contributed by atoms with van der Waals surface area (Å²) in [6.07, 6.45) is 3.51. The van der Waals surface area contributed by atoms with Gasteiger partial charge < -0.3 is 10.1 Å². The highest BCUT2D eigenvalue weighted by Gasteiger charge is 2.13. The Balaban J connectivity index is 1.98. The van der Waals surface area contributed by atoms with E-state index in [9.17, 15) is 13.2 Å². The van der Waals surface area contributed by atoms with Gasteiger partial charge >= 0.3 is 0 Å². The second-order valence-corrected chi connectivity index (χ2v) is 7.61. The SMILES string of the molecule is C=CCNS(=O)(=O)c1ccc(NC(=O)c2ccc(OCCCC)cc2)cc1. The third kappa shape index (κ3) is 6.23. The fraction of sp³-hybridized carbons (Fsp3) is 0.250. The second-order valence-electron chi connectivity index (χ2n) is 5.85. The van der Waals surface area contributed by atoms with Gasteiger partial charge in [-0.05, 0) is 55.0 Å². The first-order valence-electron chi connectivity index (χ1n) is 8.71. The highest BCUT2D eigenvalue weighted by molar-refractivity contribution is 7.89. The minimum Gasteiger partial charge on any atom is -0.494 e. The van der Waals surface area contributed by atoms with Crippen molar-refractivity contribution in [3.8, 4) is 5.75 Å². The molecule has 6 nitrogen and oxygen atoms in total. The predicted molar refractivity (Wildman–Crippen MR) is 107 cm³/mol. The molecular formula is C20H24N2O4S. The Bertz CT molecular complexity index is 860. The number of ether oxygens (including phenoxy) is 1. The number of carbonyl (C=O) groups is 1. The zero-order valence-corrected chi connectivity index (χ0v) is 16.1. The molecule has 2 N–H and O–H groups in total. The standard InChI is InChI=1S/C20H24N2O4S/c1-3-5-15-26-18-10-6-16(7-11-18)20(23)22-17-8-12-19(13-9-17)27(24,25)21-14-4-2/h4,6-13,21H,2-3,5,14-15H2,1H3,(H,22,23). The molecule has 2 rings (SSSR count). The van der Waals surface area contributed by atoms with Crippen LogP contribution in [0.25, 0.3) is 0 Å². The van der Waals surface area contributed by atoms with Crippen LogP contribution in [0.1, 0.15) is 30.1 Å². The molecule has 0 saturated heterocycles. The Morgan fingerprint density at radius 2 is 1.78 bits per heavy atom. The third-order valence-corrected chi connectivity index (χ3v) is 5.16. The minimum atomic E-state index is -3.58. The maximum Gasteiger partial charge on any atom is 0.255 e. The van der Waals surface area contributed by atoms with Gasteiger partial charge in [0, 0.05) is 17.8 Å². The Hall–Kier alpha value is -2.64. The molecule has 0 saturated carbocycles. The van der Waals surface area contributed by atoms with Crippen LogP contribution in [-0.4, -0.2) is 27.5 Å². The molecular weight excluding hydrogens is 364 g/mol. The van der Waals surface area contributed by atoms with E-state index in [1.165, 1.54) is 18.2 Å². The van der Waals surface area contributed by atoms with E-state index in [1.807, 2.05) is 0 Å². The number of carbonyl (C=O) groups excluding carboxylic acids is 1. The number of nitrogens with one attached hydrogen (secondary N) is 2. The lowest BCUT2D eigenvalue weighted by molar-refractivity contribution is 0.102. The molecule has 0 aliphatic rings. The molecule has 0 aliphatic heterocycles. The molecule has 0 radical (unpaired) electrons. The number of benzene rings is 2. The Labute approximate surface area is 160 Å². The zero-order chi connectivity index (χ0) is 19.7. The van der Waals surface area contributed by atoms with Gasteiger partial charge in [-0.2, -0.15) is 0 Å². The first kappa shape index (κ1) is 20.7. The van der Waals surface area contributed by atoms with Gasteiger partial charge in [-0.15, -0.1) is 6.58 Å². The fourth-order valence-corrected chi connectivity index (χ4v) is 3.21. The summed E-state index contributed by atoms with van der Waals surface area (Å²) in [5, 5.41) is 2.74. The highest BCUT2D eigenvalue weighted by Crippen LogP contribution is 2.17. The van der Waals surface area contributed by atoms with Crippen LogP contribution >= 0.6 is 0 Å². The van der Waals surface area contributed by atoms with Crippen molar-refractivity contribution in [1.29, 1.82) is 0 Å². The summed E-state index contributed by atoms with van der Waals surface area (Å²) < 4.78 is 32.0. The van der Waals surface area contributed by atoms with Crippen LogP contribution in [0.2, 0.25) is 0 Å². The van der Waals surface area contributed by atoms with Crippen molar-refractivity contribution in [1.82, 2.24) is 4.72 Å². The second kappa shape index (κ2) is 9.89. The molecule has 1 amide bonds. The molecule has 0 bridgehead atoms. The van der Waals surface area contributed by atoms with Crippen LogP contribution in [-0.2, 0) is 10.0 Å². The minimum absolute atomic E-state index is 0.121. The Morgan fingerprint density at radius 1 is 1.11 bits per heavy atom. The van der Waals surface area contributed by atoms with E-state index in [2.05, 4.69) is 23.5 Å². The van der Waals surface area contributed by atoms with E-state index in [4.69, 9.17) is 4.74 Å². The van der Waals surface area contributed by atoms with Crippen molar-refractivity contribution in [3.63, 3.8) is 0 Å². The molecule has 144 valence electrons. The third-order valence-electron chi connectivity index (χ3n) is 3.72. The smallest absolute Gasteiger partial charge is 0.255 e. The molecule has 0 unspecified atom stereocenters. The summed E-state index contributed by atoms with van der Waals surface area (Å²) in [7, 11) is -3.58. The van der Waals surface area contributed by atoms with E-state index in [0.717, 1.165) is 18.6 Å². The number of hydrogen-bond acceptors (Lipinski definition) is 4. The van der Waals surface area contributed by atoms with Crippen molar-refractivity contribution in [3.05, 3.63) is 66.7 Å². The molecule has 0 aromatic heterocycles. The molecule has 27 heavy (non-hydrogen) atoms. The van der Waals surface area contributed by atoms with Crippen molar-refractivity contribution in [2.24, 2.45) is 0 Å². The lowest BCUT2D eigenvalue weighted by atomic mass is 10.2. The van der Waals surface area contributed by atoms with Crippen LogP contribution in [0.3, 0.4) is 0 Å². The van der Waals surface area contributed by atoms with Crippen molar-refractivity contribution in [2.75, 3.05) is 18.5 Å². The zero-order valence-electron chi connectivity index (χ0n) is 15.3. The summed E-state index contributed by atoms with van der Waals surface area (Å²) in [4.78, 5) is 12.4. The van der Waals surface area contributed by atoms with E-state index < -0.39 is 10.0 Å². The molecule has 2 aromatic rings. The fourth-order valence-electron chi connectivity index (χ4n) is 2.21. The summed E-state index contributed by atoms with van der Waals surface area (Å²) in [6, 6.07) is 12.9. The van der Waals surface area contributed by atoms with Crippen molar-refractivity contribution >= 4 is 21.6 Å². The molecule has 0 spiro atoms. The normalized spacial score (nSPS) is 11.0.